The van der Waals surface area contributed by atoms with Crippen LogP contribution in [-0.4, -0.2) is 53.2 Å². The highest BCUT2D eigenvalue weighted by Gasteiger charge is 2.65. The van der Waals surface area contributed by atoms with Crippen molar-refractivity contribution in [2.75, 3.05) is 6.61 Å². The molecule has 11 atom stereocenters. The largest absolute Gasteiger partial charge is 0.397 e. The van der Waals surface area contributed by atoms with Gasteiger partial charge in [0.2, 0.25) is 0 Å². The zero-order valence-corrected chi connectivity index (χ0v) is 20.5. The Morgan fingerprint density at radius 3 is 2.44 bits per heavy atom. The molecule has 0 spiro atoms. The molecule has 0 radical (unpaired) electrons. The summed E-state index contributed by atoms with van der Waals surface area (Å²) >= 11 is 0. The molecular formula is C24H42O7S. The Labute approximate surface area is 192 Å². The van der Waals surface area contributed by atoms with Crippen molar-refractivity contribution < 1.29 is 32.5 Å². The Balaban J connectivity index is 1.50. The van der Waals surface area contributed by atoms with Gasteiger partial charge in [-0.15, -0.1) is 0 Å². The summed E-state index contributed by atoms with van der Waals surface area (Å²) in [5.74, 6) is 1.67. The van der Waals surface area contributed by atoms with Crippen LogP contribution in [0.15, 0.2) is 0 Å². The first-order valence-corrected chi connectivity index (χ1v) is 13.9. The minimum absolute atomic E-state index is 0.0341. The average Bonchev–Trinajstić information content (AvgIpc) is 3.05. The molecule has 186 valence electrons. The van der Waals surface area contributed by atoms with Crippen molar-refractivity contribution in [3.8, 4) is 0 Å². The van der Waals surface area contributed by atoms with Gasteiger partial charge in [0.25, 0.3) is 0 Å². The van der Waals surface area contributed by atoms with Crippen LogP contribution in [0.3, 0.4) is 0 Å². The van der Waals surface area contributed by atoms with Crippen LogP contribution in [0.5, 0.6) is 0 Å². The Bertz CT molecular complexity index is 787. The number of rotatable bonds is 6. The highest BCUT2D eigenvalue weighted by atomic mass is 32.3. The highest BCUT2D eigenvalue weighted by Crippen LogP contribution is 2.68. The topological polar surface area (TPSA) is 124 Å². The quantitative estimate of drug-likeness (QED) is 0.344. The molecule has 8 heteroatoms. The second-order valence-corrected chi connectivity index (χ2v) is 13.0. The summed E-state index contributed by atoms with van der Waals surface area (Å²) in [7, 11) is -4.40. The fourth-order valence-electron chi connectivity index (χ4n) is 8.90. The maximum atomic E-state index is 11.6. The summed E-state index contributed by atoms with van der Waals surface area (Å²) < 4.78 is 34.8. The average molecular weight is 475 g/mol. The van der Waals surface area contributed by atoms with Crippen LogP contribution in [-0.2, 0) is 14.6 Å². The van der Waals surface area contributed by atoms with Gasteiger partial charge < -0.3 is 15.3 Å². The maximum Gasteiger partial charge on any atom is 0.397 e. The predicted octanol–water partition coefficient (Wildman–Crippen LogP) is 3.18. The summed E-state index contributed by atoms with van der Waals surface area (Å²) in [6.07, 6.45) is 6.26. The van der Waals surface area contributed by atoms with Crippen LogP contribution >= 0.6 is 0 Å². The van der Waals surface area contributed by atoms with Crippen LogP contribution in [0, 0.1) is 46.3 Å². The van der Waals surface area contributed by atoms with E-state index in [1.807, 2.05) is 0 Å². The monoisotopic (exact) mass is 474 g/mol. The molecule has 4 aliphatic rings. The van der Waals surface area contributed by atoms with E-state index in [9.17, 15) is 23.7 Å². The third-order valence-corrected chi connectivity index (χ3v) is 11.0. The molecule has 0 amide bonds. The molecule has 0 aromatic rings. The fourth-order valence-corrected chi connectivity index (χ4v) is 9.23. The molecule has 0 saturated heterocycles. The van der Waals surface area contributed by atoms with E-state index in [4.69, 9.17) is 4.55 Å². The second-order valence-electron chi connectivity index (χ2n) is 11.9. The van der Waals surface area contributed by atoms with Gasteiger partial charge in [0.15, 0.2) is 0 Å². The maximum absolute atomic E-state index is 11.6. The third kappa shape index (κ3) is 4.17. The van der Waals surface area contributed by atoms with Crippen molar-refractivity contribution in [3.63, 3.8) is 0 Å². The van der Waals surface area contributed by atoms with E-state index in [2.05, 4.69) is 25.0 Å². The van der Waals surface area contributed by atoms with E-state index in [0.717, 1.165) is 44.9 Å². The smallest absolute Gasteiger partial charge is 0.393 e. The Kier molecular flexibility index (Phi) is 6.80. The minimum Gasteiger partial charge on any atom is -0.393 e. The van der Waals surface area contributed by atoms with Crippen LogP contribution in [0.25, 0.3) is 0 Å². The van der Waals surface area contributed by atoms with Gasteiger partial charge in [-0.1, -0.05) is 20.8 Å². The lowest BCUT2D eigenvalue weighted by Crippen LogP contribution is -2.62. The number of hydrogen-bond acceptors (Lipinski definition) is 6. The van der Waals surface area contributed by atoms with E-state index >= 15 is 0 Å². The Morgan fingerprint density at radius 1 is 1.03 bits per heavy atom. The summed E-state index contributed by atoms with van der Waals surface area (Å²) in [6, 6.07) is 0. The lowest BCUT2D eigenvalue weighted by Gasteiger charge is -2.63. The van der Waals surface area contributed by atoms with Crippen LogP contribution < -0.4 is 0 Å². The van der Waals surface area contributed by atoms with Crippen molar-refractivity contribution in [3.05, 3.63) is 0 Å². The molecule has 4 aliphatic carbocycles. The fraction of sp³-hybridized carbons (Fsp3) is 1.00. The molecule has 0 bridgehead atoms. The number of aliphatic hydroxyl groups is 3. The first-order chi connectivity index (χ1) is 14.9. The highest BCUT2D eigenvalue weighted by molar-refractivity contribution is 7.80. The number of aliphatic hydroxyl groups excluding tert-OH is 3. The van der Waals surface area contributed by atoms with Crippen molar-refractivity contribution in [2.45, 2.75) is 96.9 Å². The van der Waals surface area contributed by atoms with Gasteiger partial charge in [0, 0.05) is 0 Å². The predicted molar refractivity (Wildman–Crippen MR) is 120 cm³/mol. The van der Waals surface area contributed by atoms with E-state index in [-0.39, 0.29) is 53.3 Å². The third-order valence-electron chi connectivity index (χ3n) is 10.6. The second kappa shape index (κ2) is 8.76. The van der Waals surface area contributed by atoms with Crippen LogP contribution in [0.2, 0.25) is 0 Å². The van der Waals surface area contributed by atoms with Crippen LogP contribution in [0.1, 0.15) is 78.6 Å². The minimum atomic E-state index is -4.40. The summed E-state index contributed by atoms with van der Waals surface area (Å²) in [5, 5.41) is 33.1. The van der Waals surface area contributed by atoms with Gasteiger partial charge in [-0.3, -0.25) is 4.55 Å². The van der Waals surface area contributed by atoms with E-state index in [1.54, 1.807) is 0 Å². The van der Waals surface area contributed by atoms with Gasteiger partial charge in [-0.05, 0) is 104 Å². The lowest BCUT2D eigenvalue weighted by molar-refractivity contribution is -0.207. The zero-order valence-electron chi connectivity index (χ0n) is 19.7. The van der Waals surface area contributed by atoms with Crippen molar-refractivity contribution in [1.29, 1.82) is 0 Å². The molecule has 0 aromatic carbocycles. The summed E-state index contributed by atoms with van der Waals surface area (Å²) in [6.45, 7) is 6.69. The van der Waals surface area contributed by atoms with Crippen molar-refractivity contribution in [1.82, 2.24) is 0 Å². The molecule has 0 aliphatic heterocycles. The molecule has 32 heavy (non-hydrogen) atoms. The number of hydrogen-bond donors (Lipinski definition) is 4. The van der Waals surface area contributed by atoms with Gasteiger partial charge in [0.05, 0.1) is 24.9 Å². The molecule has 0 aromatic heterocycles. The molecule has 4 N–H and O–H groups in total. The van der Waals surface area contributed by atoms with E-state index < -0.39 is 16.5 Å². The number of fused-ring (bicyclic) bond motifs is 5. The van der Waals surface area contributed by atoms with E-state index in [1.165, 1.54) is 0 Å². The SMILES string of the molecule is C[C@H](CCCOS(=O)(=O)O)[C@H]1CC[C@H]2[C@@H]3[C@H](O)C[C@H]4C[C@H](O)CC[C@]4(C)[C@H]3C[C@H](O)[C@]12C. The Morgan fingerprint density at radius 2 is 1.75 bits per heavy atom. The van der Waals surface area contributed by atoms with Gasteiger partial charge in [-0.25, -0.2) is 4.18 Å². The van der Waals surface area contributed by atoms with Crippen LogP contribution in [0.4, 0.5) is 0 Å². The molecule has 7 nitrogen and oxygen atoms in total. The zero-order chi connectivity index (χ0) is 23.5. The molecule has 0 heterocycles. The summed E-state index contributed by atoms with van der Waals surface area (Å²) in [4.78, 5) is 0. The normalized spacial score (nSPS) is 49.7. The van der Waals surface area contributed by atoms with Crippen molar-refractivity contribution >= 4 is 10.4 Å². The lowest BCUT2D eigenvalue weighted by atomic mass is 9.43. The first kappa shape index (κ1) is 24.9. The van der Waals surface area contributed by atoms with Gasteiger partial charge in [-0.2, -0.15) is 8.42 Å². The van der Waals surface area contributed by atoms with Gasteiger partial charge in [0.1, 0.15) is 0 Å². The van der Waals surface area contributed by atoms with Crippen molar-refractivity contribution in [2.24, 2.45) is 46.3 Å². The molecule has 4 rings (SSSR count). The van der Waals surface area contributed by atoms with E-state index in [0.29, 0.717) is 24.7 Å². The first-order valence-electron chi connectivity index (χ1n) is 12.5. The molecule has 4 fully saturated rings. The molecule has 0 unspecified atom stereocenters. The standard InChI is InChI=1S/C24H42O7S/c1-14(5-4-10-31-32(28,29)30)17-6-7-18-22-19(13-21(27)24(17,18)3)23(2)9-8-16(25)11-15(23)12-20(22)26/h14-22,25-27H,4-13H2,1-3H3,(H,28,29,30)/t14-,15-,16-,17-,18+,19+,20-,21+,22+,23+,24-/m1/s1. The van der Waals surface area contributed by atoms with Gasteiger partial charge >= 0.3 is 10.4 Å². The molecule has 4 saturated carbocycles. The molecular weight excluding hydrogens is 432 g/mol. The summed E-state index contributed by atoms with van der Waals surface area (Å²) in [5.41, 5.74) is -0.189. The Hall–Kier alpha value is -0.250.